The molecule has 0 aliphatic heterocycles. The molecule has 1 aromatic rings. The average Bonchev–Trinajstić information content (AvgIpc) is 2.99. The maximum atomic E-state index is 12.1. The molecule has 1 aromatic carbocycles. The average molecular weight is 258 g/mol. The third-order valence-corrected chi connectivity index (χ3v) is 5.07. The van der Waals surface area contributed by atoms with E-state index in [1.165, 1.54) is 12.8 Å². The Bertz CT molecular complexity index is 387. The van der Waals surface area contributed by atoms with E-state index in [1.807, 2.05) is 12.1 Å². The molecular weight excluding hydrogens is 242 g/mol. The molecule has 1 saturated carbocycles. The van der Waals surface area contributed by atoms with Crippen molar-refractivity contribution in [2.75, 3.05) is 12.3 Å². The Kier molecular flexibility index (Phi) is 3.67. The minimum atomic E-state index is -0.914. The first-order valence-electron chi connectivity index (χ1n) is 5.49. The number of hydrogen-bond acceptors (Lipinski definition) is 2. The van der Waals surface area contributed by atoms with Gasteiger partial charge >= 0.3 is 0 Å². The van der Waals surface area contributed by atoms with Gasteiger partial charge in [-0.2, -0.15) is 0 Å². The molecule has 1 atom stereocenters. The summed E-state index contributed by atoms with van der Waals surface area (Å²) in [5, 5.41) is 0.684. The van der Waals surface area contributed by atoms with Crippen LogP contribution >= 0.6 is 11.6 Å². The van der Waals surface area contributed by atoms with Crippen molar-refractivity contribution in [1.29, 1.82) is 0 Å². The molecule has 0 spiro atoms. The van der Waals surface area contributed by atoms with Crippen molar-refractivity contribution in [1.82, 2.24) is 0 Å². The predicted molar refractivity (Wildman–Crippen MR) is 68.1 cm³/mol. The number of nitrogens with two attached hydrogens (primary N) is 1. The van der Waals surface area contributed by atoms with Crippen molar-refractivity contribution >= 4 is 22.4 Å². The van der Waals surface area contributed by atoms with Crippen LogP contribution in [-0.2, 0) is 10.8 Å². The Balaban J connectivity index is 2.00. The molecule has 0 bridgehead atoms. The largest absolute Gasteiger partial charge is 0.330 e. The fraction of sp³-hybridized carbons (Fsp3) is 0.500. The van der Waals surface area contributed by atoms with Gasteiger partial charge in [-0.05, 0) is 55.5 Å². The van der Waals surface area contributed by atoms with Gasteiger partial charge in [-0.15, -0.1) is 0 Å². The maximum Gasteiger partial charge on any atom is 0.0535 e. The van der Waals surface area contributed by atoms with Gasteiger partial charge in [-0.1, -0.05) is 11.6 Å². The van der Waals surface area contributed by atoms with Gasteiger partial charge in [-0.3, -0.25) is 4.21 Å². The Hall–Kier alpha value is -0.380. The van der Waals surface area contributed by atoms with Crippen molar-refractivity contribution < 1.29 is 4.21 Å². The molecule has 1 aliphatic rings. The molecule has 16 heavy (non-hydrogen) atoms. The first-order valence-corrected chi connectivity index (χ1v) is 7.19. The summed E-state index contributed by atoms with van der Waals surface area (Å²) < 4.78 is 12.1. The van der Waals surface area contributed by atoms with E-state index in [0.29, 0.717) is 11.6 Å². The van der Waals surface area contributed by atoms with Gasteiger partial charge in [0, 0.05) is 15.7 Å². The fourth-order valence-corrected chi connectivity index (χ4v) is 3.62. The normalized spacial score (nSPS) is 19.4. The zero-order valence-electron chi connectivity index (χ0n) is 9.12. The minimum Gasteiger partial charge on any atom is -0.330 e. The Morgan fingerprint density at radius 3 is 2.44 bits per heavy atom. The van der Waals surface area contributed by atoms with Gasteiger partial charge in [0.15, 0.2) is 0 Å². The molecule has 2 rings (SSSR count). The van der Waals surface area contributed by atoms with Crippen LogP contribution in [0.2, 0.25) is 5.02 Å². The molecule has 1 aliphatic carbocycles. The van der Waals surface area contributed by atoms with E-state index < -0.39 is 10.8 Å². The summed E-state index contributed by atoms with van der Waals surface area (Å²) in [5.41, 5.74) is 5.84. The molecule has 0 radical (unpaired) electrons. The summed E-state index contributed by atoms with van der Waals surface area (Å²) in [5.74, 6) is 0.742. The SMILES string of the molecule is NCCC1(CS(=O)c2ccc(Cl)cc2)CC1. The van der Waals surface area contributed by atoms with Gasteiger partial charge in [0.05, 0.1) is 10.8 Å². The molecule has 2 nitrogen and oxygen atoms in total. The summed E-state index contributed by atoms with van der Waals surface area (Å²) in [4.78, 5) is 0.868. The molecule has 4 heteroatoms. The van der Waals surface area contributed by atoms with Gasteiger partial charge < -0.3 is 5.73 Å². The van der Waals surface area contributed by atoms with Crippen LogP contribution < -0.4 is 5.73 Å². The Morgan fingerprint density at radius 1 is 1.31 bits per heavy atom. The van der Waals surface area contributed by atoms with Crippen molar-refractivity contribution in [3.8, 4) is 0 Å². The lowest BCUT2D eigenvalue weighted by Crippen LogP contribution is -2.16. The summed E-state index contributed by atoms with van der Waals surface area (Å²) in [6.45, 7) is 0.692. The van der Waals surface area contributed by atoms with Crippen LogP contribution in [0.4, 0.5) is 0 Å². The van der Waals surface area contributed by atoms with E-state index in [-0.39, 0.29) is 5.41 Å². The van der Waals surface area contributed by atoms with Crippen LogP contribution in [0.25, 0.3) is 0 Å². The van der Waals surface area contributed by atoms with Gasteiger partial charge in [0.25, 0.3) is 0 Å². The molecule has 1 unspecified atom stereocenters. The van der Waals surface area contributed by atoms with Gasteiger partial charge in [0.2, 0.25) is 0 Å². The van der Waals surface area contributed by atoms with E-state index in [9.17, 15) is 4.21 Å². The highest BCUT2D eigenvalue weighted by molar-refractivity contribution is 7.85. The molecule has 0 saturated heterocycles. The number of rotatable bonds is 5. The minimum absolute atomic E-state index is 0.263. The predicted octanol–water partition coefficient (Wildman–Crippen LogP) is 2.58. The van der Waals surface area contributed by atoms with Crippen molar-refractivity contribution in [3.63, 3.8) is 0 Å². The standard InChI is InChI=1S/C12H16ClNOS/c13-10-1-3-11(4-2-10)16(15)9-12(5-6-12)7-8-14/h1-4H,5-9,14H2. The topological polar surface area (TPSA) is 43.1 Å². The molecule has 0 aromatic heterocycles. The second-order valence-corrected chi connectivity index (χ2v) is 6.37. The van der Waals surface area contributed by atoms with E-state index in [2.05, 4.69) is 0 Å². The highest BCUT2D eigenvalue weighted by atomic mass is 35.5. The number of benzene rings is 1. The zero-order chi connectivity index (χ0) is 11.6. The van der Waals surface area contributed by atoms with E-state index >= 15 is 0 Å². The first kappa shape index (κ1) is 12.1. The lowest BCUT2D eigenvalue weighted by atomic mass is 10.1. The monoisotopic (exact) mass is 257 g/mol. The van der Waals surface area contributed by atoms with Gasteiger partial charge in [0.1, 0.15) is 0 Å². The van der Waals surface area contributed by atoms with Gasteiger partial charge in [-0.25, -0.2) is 0 Å². The van der Waals surface area contributed by atoms with E-state index in [1.54, 1.807) is 12.1 Å². The highest BCUT2D eigenvalue weighted by Gasteiger charge is 2.43. The third-order valence-electron chi connectivity index (χ3n) is 3.15. The Labute approximate surface area is 104 Å². The van der Waals surface area contributed by atoms with Crippen molar-refractivity contribution in [2.45, 2.75) is 24.2 Å². The van der Waals surface area contributed by atoms with Crippen LogP contribution in [0, 0.1) is 5.41 Å². The lowest BCUT2D eigenvalue weighted by Gasteiger charge is -2.13. The molecule has 1 fully saturated rings. The van der Waals surface area contributed by atoms with Crippen LogP contribution in [0.1, 0.15) is 19.3 Å². The smallest absolute Gasteiger partial charge is 0.0535 e. The molecule has 0 amide bonds. The summed E-state index contributed by atoms with van der Waals surface area (Å²) in [6, 6.07) is 7.27. The zero-order valence-corrected chi connectivity index (χ0v) is 10.7. The molecular formula is C12H16ClNOS. The quantitative estimate of drug-likeness (QED) is 0.881. The third kappa shape index (κ3) is 2.84. The maximum absolute atomic E-state index is 12.1. The lowest BCUT2D eigenvalue weighted by molar-refractivity contribution is 0.529. The van der Waals surface area contributed by atoms with Crippen LogP contribution in [-0.4, -0.2) is 16.5 Å². The molecule has 2 N–H and O–H groups in total. The van der Waals surface area contributed by atoms with Crippen LogP contribution in [0.15, 0.2) is 29.2 Å². The van der Waals surface area contributed by atoms with E-state index in [4.69, 9.17) is 17.3 Å². The number of hydrogen-bond donors (Lipinski definition) is 1. The van der Waals surface area contributed by atoms with Crippen LogP contribution in [0.5, 0.6) is 0 Å². The second kappa shape index (κ2) is 4.86. The van der Waals surface area contributed by atoms with Crippen molar-refractivity contribution in [3.05, 3.63) is 29.3 Å². The van der Waals surface area contributed by atoms with Crippen molar-refractivity contribution in [2.24, 2.45) is 11.1 Å². The summed E-state index contributed by atoms with van der Waals surface area (Å²) in [6.07, 6.45) is 3.33. The summed E-state index contributed by atoms with van der Waals surface area (Å²) in [7, 11) is -0.914. The number of halogens is 1. The van der Waals surface area contributed by atoms with E-state index in [0.717, 1.165) is 17.1 Å². The molecule has 0 heterocycles. The first-order chi connectivity index (χ1) is 7.65. The Morgan fingerprint density at radius 2 is 1.94 bits per heavy atom. The molecule has 88 valence electrons. The van der Waals surface area contributed by atoms with Crippen LogP contribution in [0.3, 0.4) is 0 Å². The fourth-order valence-electron chi connectivity index (χ4n) is 1.90. The highest BCUT2D eigenvalue weighted by Crippen LogP contribution is 2.49. The second-order valence-electron chi connectivity index (χ2n) is 4.48. The summed E-state index contributed by atoms with van der Waals surface area (Å²) >= 11 is 5.80.